The fourth-order valence-corrected chi connectivity index (χ4v) is 4.94. The van der Waals surface area contributed by atoms with E-state index in [-0.39, 0.29) is 29.7 Å². The first-order chi connectivity index (χ1) is 17.4. The highest BCUT2D eigenvalue weighted by Gasteiger charge is 2.37. The molecule has 3 aromatic carbocycles. The predicted octanol–water partition coefficient (Wildman–Crippen LogP) is 5.04. The van der Waals surface area contributed by atoms with Gasteiger partial charge in [-0.15, -0.1) is 0 Å². The van der Waals surface area contributed by atoms with E-state index in [9.17, 15) is 14.4 Å². The number of benzene rings is 3. The van der Waals surface area contributed by atoms with Crippen molar-refractivity contribution in [2.24, 2.45) is 0 Å². The molecule has 3 aromatic rings. The molecule has 182 valence electrons. The third-order valence-corrected chi connectivity index (χ3v) is 7.14. The van der Waals surface area contributed by atoms with E-state index in [1.54, 1.807) is 36.4 Å². The molecule has 0 fully saturated rings. The summed E-state index contributed by atoms with van der Waals surface area (Å²) in [7, 11) is 0. The van der Waals surface area contributed by atoms with E-state index in [0.29, 0.717) is 22.7 Å². The summed E-state index contributed by atoms with van der Waals surface area (Å²) in [5.41, 5.74) is 4.29. The van der Waals surface area contributed by atoms with Gasteiger partial charge in [-0.2, -0.15) is 0 Å². The summed E-state index contributed by atoms with van der Waals surface area (Å²) >= 11 is 12.4. The van der Waals surface area contributed by atoms with Crippen molar-refractivity contribution in [3.05, 3.63) is 111 Å². The van der Waals surface area contributed by atoms with Crippen LogP contribution in [0.2, 0.25) is 5.02 Å². The van der Waals surface area contributed by atoms with Gasteiger partial charge in [-0.1, -0.05) is 71.7 Å². The number of hydrogen-bond acceptors (Lipinski definition) is 4. The topological polar surface area (TPSA) is 69.7 Å². The van der Waals surface area contributed by atoms with Gasteiger partial charge in [0.05, 0.1) is 6.54 Å². The van der Waals surface area contributed by atoms with Gasteiger partial charge < -0.3 is 10.2 Å². The number of nitrogens with one attached hydrogen (secondary N) is 1. The van der Waals surface area contributed by atoms with E-state index >= 15 is 0 Å². The molecule has 8 heteroatoms. The highest BCUT2D eigenvalue weighted by molar-refractivity contribution is 6.47. The molecule has 2 aliphatic heterocycles. The highest BCUT2D eigenvalue weighted by atomic mass is 35.5. The van der Waals surface area contributed by atoms with Crippen molar-refractivity contribution in [1.82, 2.24) is 10.2 Å². The second kappa shape index (κ2) is 10.2. The lowest BCUT2D eigenvalue weighted by molar-refractivity contribution is -0.138. The zero-order chi connectivity index (χ0) is 25.2. The van der Waals surface area contributed by atoms with Crippen molar-refractivity contribution < 1.29 is 14.4 Å². The molecule has 1 N–H and O–H groups in total. The zero-order valence-electron chi connectivity index (χ0n) is 19.3. The Kier molecular flexibility index (Phi) is 6.81. The Morgan fingerprint density at radius 1 is 0.889 bits per heavy atom. The first-order valence-corrected chi connectivity index (χ1v) is 12.4. The number of aryl methyl sites for hydroxylation is 1. The van der Waals surface area contributed by atoms with Crippen molar-refractivity contribution in [3.63, 3.8) is 0 Å². The Morgan fingerprint density at radius 2 is 1.61 bits per heavy atom. The van der Waals surface area contributed by atoms with E-state index in [2.05, 4.69) is 11.4 Å². The quantitative estimate of drug-likeness (QED) is 0.463. The van der Waals surface area contributed by atoms with E-state index in [1.165, 1.54) is 5.56 Å². The SMILES string of the molecule is O=C1C(Cl)=C(NCc2ccc(C(=O)N3CCCc4ccccc43)cc2)C(=O)N1Cc1ccccc1Cl. The molecule has 3 amide bonds. The average molecular weight is 520 g/mol. The number of anilines is 1. The molecule has 6 nitrogen and oxygen atoms in total. The van der Waals surface area contributed by atoms with Crippen LogP contribution in [0.3, 0.4) is 0 Å². The Morgan fingerprint density at radius 3 is 2.39 bits per heavy atom. The predicted molar refractivity (Wildman–Crippen MR) is 140 cm³/mol. The summed E-state index contributed by atoms with van der Waals surface area (Å²) in [6.07, 6.45) is 1.90. The van der Waals surface area contributed by atoms with E-state index in [1.807, 2.05) is 35.2 Å². The standard InChI is InChI=1S/C28H23Cl2N3O3/c29-22-9-3-1-7-21(22)17-33-27(35)24(30)25(28(33)36)31-16-18-11-13-20(14-12-18)26(34)32-15-5-8-19-6-2-4-10-23(19)32/h1-4,6-7,9-14,31H,5,8,15-17H2. The van der Waals surface area contributed by atoms with Crippen molar-refractivity contribution >= 4 is 46.6 Å². The van der Waals surface area contributed by atoms with Crippen LogP contribution in [0.1, 0.15) is 33.5 Å². The van der Waals surface area contributed by atoms with Crippen LogP contribution in [0, 0.1) is 0 Å². The van der Waals surface area contributed by atoms with Gasteiger partial charge in [0.1, 0.15) is 10.7 Å². The fraction of sp³-hybridized carbons (Fsp3) is 0.179. The first kappa shape index (κ1) is 24.1. The van der Waals surface area contributed by atoms with E-state index < -0.39 is 11.8 Å². The summed E-state index contributed by atoms with van der Waals surface area (Å²) in [4.78, 5) is 41.6. The molecule has 0 unspecified atom stereocenters. The lowest BCUT2D eigenvalue weighted by Gasteiger charge is -2.29. The van der Waals surface area contributed by atoms with Crippen LogP contribution in [0.4, 0.5) is 5.69 Å². The Bertz CT molecular complexity index is 1380. The van der Waals surface area contributed by atoms with Gasteiger partial charge in [0.15, 0.2) is 0 Å². The van der Waals surface area contributed by atoms with Gasteiger partial charge in [0.25, 0.3) is 17.7 Å². The molecule has 2 aliphatic rings. The third kappa shape index (κ3) is 4.62. The van der Waals surface area contributed by atoms with Crippen LogP contribution in [-0.4, -0.2) is 29.2 Å². The van der Waals surface area contributed by atoms with Gasteiger partial charge in [0, 0.05) is 29.4 Å². The zero-order valence-corrected chi connectivity index (χ0v) is 20.9. The molecular weight excluding hydrogens is 497 g/mol. The van der Waals surface area contributed by atoms with Crippen LogP contribution < -0.4 is 10.2 Å². The third-order valence-electron chi connectivity index (χ3n) is 6.42. The van der Waals surface area contributed by atoms with Crippen LogP contribution in [0.15, 0.2) is 83.5 Å². The Hall–Kier alpha value is -3.61. The fourth-order valence-electron chi connectivity index (χ4n) is 4.50. The maximum atomic E-state index is 13.2. The molecular formula is C28H23Cl2N3O3. The summed E-state index contributed by atoms with van der Waals surface area (Å²) in [5.74, 6) is -1.11. The molecule has 5 rings (SSSR count). The van der Waals surface area contributed by atoms with E-state index in [4.69, 9.17) is 23.2 Å². The van der Waals surface area contributed by atoms with Crippen molar-refractivity contribution in [2.75, 3.05) is 11.4 Å². The Balaban J connectivity index is 1.24. The summed E-state index contributed by atoms with van der Waals surface area (Å²) in [6.45, 7) is 0.993. The number of nitrogens with zero attached hydrogens (tertiary/aromatic N) is 2. The van der Waals surface area contributed by atoms with Crippen LogP contribution in [-0.2, 0) is 29.1 Å². The molecule has 0 radical (unpaired) electrons. The normalized spacial score (nSPS) is 15.4. The molecule has 0 aromatic heterocycles. The van der Waals surface area contributed by atoms with Gasteiger partial charge in [-0.3, -0.25) is 19.3 Å². The summed E-state index contributed by atoms with van der Waals surface area (Å²) in [5, 5.41) is 3.31. The van der Waals surface area contributed by atoms with Crippen LogP contribution >= 0.6 is 23.2 Å². The highest BCUT2D eigenvalue weighted by Crippen LogP contribution is 2.29. The summed E-state index contributed by atoms with van der Waals surface area (Å²) < 4.78 is 0. The number of carbonyl (C=O) groups is 3. The average Bonchev–Trinajstić information content (AvgIpc) is 3.11. The van der Waals surface area contributed by atoms with E-state index in [0.717, 1.165) is 29.0 Å². The molecule has 0 atom stereocenters. The molecule has 0 bridgehead atoms. The lowest BCUT2D eigenvalue weighted by Crippen LogP contribution is -2.35. The van der Waals surface area contributed by atoms with Crippen LogP contribution in [0.5, 0.6) is 0 Å². The lowest BCUT2D eigenvalue weighted by atomic mass is 10.0. The smallest absolute Gasteiger partial charge is 0.278 e. The van der Waals surface area contributed by atoms with Gasteiger partial charge in [0.2, 0.25) is 0 Å². The maximum Gasteiger partial charge on any atom is 0.278 e. The van der Waals surface area contributed by atoms with Crippen molar-refractivity contribution in [2.45, 2.75) is 25.9 Å². The van der Waals surface area contributed by atoms with Gasteiger partial charge in [-0.25, -0.2) is 0 Å². The largest absolute Gasteiger partial charge is 0.375 e. The number of halogens is 2. The summed E-state index contributed by atoms with van der Waals surface area (Å²) in [6, 6.07) is 22.2. The van der Waals surface area contributed by atoms with Gasteiger partial charge >= 0.3 is 0 Å². The number of para-hydroxylation sites is 1. The number of imide groups is 1. The number of amides is 3. The minimum atomic E-state index is -0.563. The van der Waals surface area contributed by atoms with Gasteiger partial charge in [-0.05, 0) is 53.8 Å². The number of rotatable bonds is 6. The van der Waals surface area contributed by atoms with Crippen LogP contribution in [0.25, 0.3) is 0 Å². The maximum absolute atomic E-state index is 13.2. The number of hydrogen-bond donors (Lipinski definition) is 1. The number of fused-ring (bicyclic) bond motifs is 1. The Labute approximate surface area is 219 Å². The van der Waals surface area contributed by atoms with Crippen molar-refractivity contribution in [3.8, 4) is 0 Å². The van der Waals surface area contributed by atoms with Crippen molar-refractivity contribution in [1.29, 1.82) is 0 Å². The minimum absolute atomic E-state index is 0.0369. The molecule has 0 spiro atoms. The second-order valence-electron chi connectivity index (χ2n) is 8.72. The molecule has 0 saturated carbocycles. The first-order valence-electron chi connectivity index (χ1n) is 11.7. The second-order valence-corrected chi connectivity index (χ2v) is 9.50. The number of carbonyl (C=O) groups excluding carboxylic acids is 3. The molecule has 0 saturated heterocycles. The monoisotopic (exact) mass is 519 g/mol. The minimum Gasteiger partial charge on any atom is -0.375 e. The molecule has 2 heterocycles. The molecule has 0 aliphatic carbocycles. The molecule has 36 heavy (non-hydrogen) atoms.